The predicted molar refractivity (Wildman–Crippen MR) is 151 cm³/mol. The van der Waals surface area contributed by atoms with Crippen LogP contribution in [0.4, 0.5) is 5.82 Å². The number of piperidine rings is 1. The number of carbonyl (C=O) groups excluding carboxylic acids is 3. The fraction of sp³-hybridized carbons (Fsp3) is 0.467. The van der Waals surface area contributed by atoms with Crippen LogP contribution in [0.2, 0.25) is 0 Å². The summed E-state index contributed by atoms with van der Waals surface area (Å²) in [6, 6.07) is 6.25. The highest BCUT2D eigenvalue weighted by atomic mass is 32.1. The van der Waals surface area contributed by atoms with Crippen molar-refractivity contribution in [3.8, 4) is 0 Å². The van der Waals surface area contributed by atoms with E-state index < -0.39 is 10.8 Å². The van der Waals surface area contributed by atoms with Crippen LogP contribution < -0.4 is 5.32 Å². The highest BCUT2D eigenvalue weighted by Crippen LogP contribution is 2.41. The van der Waals surface area contributed by atoms with Gasteiger partial charge in [0.1, 0.15) is 5.82 Å². The number of thiophene rings is 1. The Morgan fingerprint density at radius 3 is 2.63 bits per heavy atom. The van der Waals surface area contributed by atoms with Crippen molar-refractivity contribution in [1.82, 2.24) is 14.8 Å². The topological polar surface area (TPSA) is 82.6 Å². The van der Waals surface area contributed by atoms with Crippen molar-refractivity contribution in [2.24, 2.45) is 10.8 Å². The minimum atomic E-state index is -0.525. The number of hydrogen-bond donors (Lipinski definition) is 1. The lowest BCUT2D eigenvalue weighted by Gasteiger charge is -2.44. The third kappa shape index (κ3) is 5.60. The largest absolute Gasteiger partial charge is 0.342 e. The summed E-state index contributed by atoms with van der Waals surface area (Å²) >= 11 is 1.77. The maximum atomic E-state index is 13.1. The lowest BCUT2D eigenvalue weighted by molar-refractivity contribution is -0.144. The molecule has 5 heterocycles. The number of carbonyl (C=O) groups is 3. The van der Waals surface area contributed by atoms with Crippen molar-refractivity contribution in [3.63, 3.8) is 0 Å². The lowest BCUT2D eigenvalue weighted by Crippen LogP contribution is -2.52. The molecule has 5 rings (SSSR count). The van der Waals surface area contributed by atoms with Gasteiger partial charge in [0, 0.05) is 55.2 Å². The molecule has 0 radical (unpaired) electrons. The minimum Gasteiger partial charge on any atom is -0.342 e. The van der Waals surface area contributed by atoms with Gasteiger partial charge in [-0.3, -0.25) is 14.4 Å². The van der Waals surface area contributed by atoms with Crippen LogP contribution in [-0.2, 0) is 27.2 Å². The molecule has 2 aromatic heterocycles. The molecule has 200 valence electrons. The third-order valence-corrected chi connectivity index (χ3v) is 8.77. The van der Waals surface area contributed by atoms with Gasteiger partial charge in [-0.15, -0.1) is 11.3 Å². The Morgan fingerprint density at radius 2 is 1.97 bits per heavy atom. The Kier molecular flexibility index (Phi) is 7.27. The van der Waals surface area contributed by atoms with Crippen LogP contribution >= 0.6 is 11.3 Å². The summed E-state index contributed by atoms with van der Waals surface area (Å²) in [5.41, 5.74) is 2.26. The number of nitrogens with zero attached hydrogens (tertiary/aromatic N) is 3. The number of hydrogen-bond acceptors (Lipinski definition) is 5. The Labute approximate surface area is 228 Å². The number of anilines is 1. The summed E-state index contributed by atoms with van der Waals surface area (Å²) < 4.78 is 0. The molecule has 0 aromatic carbocycles. The van der Waals surface area contributed by atoms with Crippen molar-refractivity contribution >= 4 is 41.0 Å². The zero-order valence-corrected chi connectivity index (χ0v) is 23.3. The van der Waals surface area contributed by atoms with Gasteiger partial charge in [0.05, 0.1) is 5.41 Å². The van der Waals surface area contributed by atoms with Gasteiger partial charge in [-0.1, -0.05) is 38.5 Å². The lowest BCUT2D eigenvalue weighted by atomic mass is 9.71. The number of likely N-dealkylation sites (tertiary alicyclic amines) is 1. The van der Waals surface area contributed by atoms with Gasteiger partial charge in [0.25, 0.3) is 0 Å². The first-order valence-corrected chi connectivity index (χ1v) is 14.3. The molecule has 0 bridgehead atoms. The summed E-state index contributed by atoms with van der Waals surface area (Å²) in [6.07, 6.45) is 11.0. The molecule has 3 amide bonds. The van der Waals surface area contributed by atoms with E-state index >= 15 is 0 Å². The second-order valence-corrected chi connectivity index (χ2v) is 12.7. The Hall–Kier alpha value is -3.26. The van der Waals surface area contributed by atoms with Crippen LogP contribution in [0.5, 0.6) is 0 Å². The first-order chi connectivity index (χ1) is 18.1. The average molecular weight is 533 g/mol. The van der Waals surface area contributed by atoms with Crippen LogP contribution in [0.15, 0.2) is 47.5 Å². The van der Waals surface area contributed by atoms with E-state index in [2.05, 4.69) is 33.9 Å². The van der Waals surface area contributed by atoms with Crippen LogP contribution in [0.25, 0.3) is 6.08 Å². The fourth-order valence-corrected chi connectivity index (χ4v) is 6.31. The molecule has 3 aliphatic heterocycles. The molecule has 1 spiro atoms. The van der Waals surface area contributed by atoms with Gasteiger partial charge < -0.3 is 15.1 Å². The smallest absolute Gasteiger partial charge is 0.246 e. The van der Waals surface area contributed by atoms with E-state index in [0.717, 1.165) is 30.5 Å². The average Bonchev–Trinajstić information content (AvgIpc) is 3.41. The van der Waals surface area contributed by atoms with Crippen molar-refractivity contribution in [2.45, 2.75) is 52.9 Å². The van der Waals surface area contributed by atoms with Crippen molar-refractivity contribution in [2.75, 3.05) is 31.5 Å². The van der Waals surface area contributed by atoms with E-state index in [0.29, 0.717) is 44.7 Å². The predicted octanol–water partition coefficient (Wildman–Crippen LogP) is 4.71. The first kappa shape index (κ1) is 26.4. The highest BCUT2D eigenvalue weighted by Gasteiger charge is 2.46. The molecule has 0 atom stereocenters. The van der Waals surface area contributed by atoms with E-state index in [9.17, 15) is 14.4 Å². The first-order valence-electron chi connectivity index (χ1n) is 13.4. The van der Waals surface area contributed by atoms with Gasteiger partial charge in [0.2, 0.25) is 17.7 Å². The third-order valence-electron chi connectivity index (χ3n) is 7.89. The Morgan fingerprint density at radius 1 is 1.18 bits per heavy atom. The molecule has 7 nitrogen and oxygen atoms in total. The molecule has 3 aliphatic rings. The molecule has 8 heteroatoms. The van der Waals surface area contributed by atoms with Gasteiger partial charge in [0.15, 0.2) is 0 Å². The minimum absolute atomic E-state index is 0.00423. The van der Waals surface area contributed by atoms with Crippen LogP contribution in [-0.4, -0.2) is 58.7 Å². The van der Waals surface area contributed by atoms with E-state index in [1.54, 1.807) is 23.6 Å². The molecule has 1 fully saturated rings. The fourth-order valence-electron chi connectivity index (χ4n) is 5.55. The summed E-state index contributed by atoms with van der Waals surface area (Å²) in [5, 5.41) is 5.10. The molecular formula is C30H36N4O3S. The van der Waals surface area contributed by atoms with E-state index in [4.69, 9.17) is 0 Å². The van der Waals surface area contributed by atoms with Crippen molar-refractivity contribution < 1.29 is 14.4 Å². The number of rotatable bonds is 4. The van der Waals surface area contributed by atoms with Gasteiger partial charge in [-0.05, 0) is 60.4 Å². The van der Waals surface area contributed by atoms with Crippen molar-refractivity contribution in [1.29, 1.82) is 0 Å². The van der Waals surface area contributed by atoms with Crippen LogP contribution in [0, 0.1) is 10.8 Å². The van der Waals surface area contributed by atoms with Crippen molar-refractivity contribution in [3.05, 3.63) is 63.5 Å². The Bertz CT molecular complexity index is 1280. The zero-order valence-electron chi connectivity index (χ0n) is 22.5. The van der Waals surface area contributed by atoms with Crippen LogP contribution in [0.1, 0.15) is 56.0 Å². The number of amides is 3. The number of nitrogens with one attached hydrogen (secondary N) is 1. The van der Waals surface area contributed by atoms with Gasteiger partial charge in [-0.2, -0.15) is 0 Å². The summed E-state index contributed by atoms with van der Waals surface area (Å²) in [6.45, 7) is 8.32. The zero-order chi connectivity index (χ0) is 26.9. The number of fused-ring (bicyclic) bond motifs is 1. The van der Waals surface area contributed by atoms with E-state index in [-0.39, 0.29) is 17.7 Å². The van der Waals surface area contributed by atoms with E-state index in [1.165, 1.54) is 10.5 Å². The molecular weight excluding hydrogens is 496 g/mol. The molecule has 38 heavy (non-hydrogen) atoms. The van der Waals surface area contributed by atoms with Crippen LogP contribution in [0.3, 0.4) is 0 Å². The summed E-state index contributed by atoms with van der Waals surface area (Å²) in [5.74, 6) is 0.715. The molecule has 1 saturated heterocycles. The summed E-state index contributed by atoms with van der Waals surface area (Å²) in [4.78, 5) is 48.2. The quantitative estimate of drug-likeness (QED) is 0.457. The SMILES string of the molecule is CC(C)(C)C(=O)N1CCC2(CC1)Cc1cc(/C=C/C(=O)N3CC=C(Cc4cccs4)CC3)cnc1NC2=O. The maximum Gasteiger partial charge on any atom is 0.246 e. The molecule has 0 saturated carbocycles. The standard InChI is InChI=1S/C30H36N4O3S/c1-29(2,3)28(37)34-14-10-30(11-15-34)19-23-17-22(20-31-26(23)32-27(30)36)6-7-25(35)33-12-8-21(9-13-33)18-24-5-4-16-38-24/h4-8,16-17,20H,9-15,18-19H2,1-3H3,(H,31,32,36)/b7-6+. The highest BCUT2D eigenvalue weighted by molar-refractivity contribution is 7.09. The second-order valence-electron chi connectivity index (χ2n) is 11.7. The number of pyridine rings is 1. The normalized spacial score (nSPS) is 19.3. The molecule has 1 N–H and O–H groups in total. The maximum absolute atomic E-state index is 13.1. The van der Waals surface area contributed by atoms with E-state index in [1.807, 2.05) is 42.7 Å². The Balaban J connectivity index is 1.21. The monoisotopic (exact) mass is 532 g/mol. The molecule has 0 aliphatic carbocycles. The second kappa shape index (κ2) is 10.5. The summed E-state index contributed by atoms with van der Waals surface area (Å²) in [7, 11) is 0. The number of aromatic nitrogens is 1. The molecule has 0 unspecified atom stereocenters. The van der Waals surface area contributed by atoms with Gasteiger partial charge >= 0.3 is 0 Å². The molecule has 2 aromatic rings. The van der Waals surface area contributed by atoms with Gasteiger partial charge in [-0.25, -0.2) is 4.98 Å².